The minimum atomic E-state index is -4.43. The quantitative estimate of drug-likeness (QED) is 0.444. The highest BCUT2D eigenvalue weighted by Crippen LogP contribution is 2.44. The molecule has 0 aromatic carbocycles. The molecule has 13 heteroatoms. The van der Waals surface area contributed by atoms with Crippen LogP contribution in [0.15, 0.2) is 18.6 Å². The number of halogens is 3. The van der Waals surface area contributed by atoms with Crippen LogP contribution >= 0.6 is 11.3 Å². The topological polar surface area (TPSA) is 96.3 Å². The average molecular weight is 491 g/mol. The van der Waals surface area contributed by atoms with E-state index in [1.165, 1.54) is 29.3 Å². The Morgan fingerprint density at radius 3 is 2.74 bits per heavy atom. The number of hydrogen-bond donors (Lipinski definition) is 2. The number of methoxy groups -OCH3 is 1. The molecule has 2 aliphatic rings. The van der Waals surface area contributed by atoms with Crippen LogP contribution < -0.4 is 15.0 Å². The van der Waals surface area contributed by atoms with Crippen molar-refractivity contribution in [1.29, 1.82) is 0 Å². The highest BCUT2D eigenvalue weighted by molar-refractivity contribution is 7.19. The molecule has 2 saturated heterocycles. The Morgan fingerprint density at radius 2 is 2.06 bits per heavy atom. The molecule has 2 aliphatic heterocycles. The highest BCUT2D eigenvalue weighted by atomic mass is 32.1. The van der Waals surface area contributed by atoms with Crippen LogP contribution in [-0.4, -0.2) is 69.2 Å². The number of thiazole rings is 1. The van der Waals surface area contributed by atoms with E-state index in [2.05, 4.69) is 35.5 Å². The first-order valence-corrected chi connectivity index (χ1v) is 11.5. The molecule has 6 heterocycles. The van der Waals surface area contributed by atoms with E-state index in [0.29, 0.717) is 27.4 Å². The maximum atomic E-state index is 13.6. The number of hydrogen-bond acceptors (Lipinski definition) is 8. The molecule has 4 aromatic rings. The van der Waals surface area contributed by atoms with Crippen LogP contribution in [0.25, 0.3) is 27.6 Å². The molecule has 0 atom stereocenters. The van der Waals surface area contributed by atoms with Crippen LogP contribution in [0.1, 0.15) is 11.3 Å². The van der Waals surface area contributed by atoms with Gasteiger partial charge in [0.25, 0.3) is 0 Å². The van der Waals surface area contributed by atoms with E-state index < -0.39 is 12.6 Å². The minimum Gasteiger partial charge on any atom is -0.493 e. The highest BCUT2D eigenvalue weighted by Gasteiger charge is 2.48. The number of alkyl halides is 3. The van der Waals surface area contributed by atoms with Gasteiger partial charge in [0, 0.05) is 48.9 Å². The van der Waals surface area contributed by atoms with Crippen molar-refractivity contribution < 1.29 is 17.9 Å². The number of ether oxygens (including phenoxy) is 1. The number of anilines is 1. The van der Waals surface area contributed by atoms with E-state index in [4.69, 9.17) is 4.74 Å². The molecule has 0 amide bonds. The van der Waals surface area contributed by atoms with Gasteiger partial charge in [0.15, 0.2) is 11.4 Å². The molecule has 0 radical (unpaired) electrons. The second-order valence-electron chi connectivity index (χ2n) is 8.91. The molecule has 6 rings (SSSR count). The van der Waals surface area contributed by atoms with Crippen LogP contribution in [0.5, 0.6) is 5.75 Å². The van der Waals surface area contributed by atoms with Crippen molar-refractivity contribution in [3.63, 3.8) is 0 Å². The molecule has 0 aliphatic carbocycles. The number of aryl methyl sites for hydroxylation is 1. The van der Waals surface area contributed by atoms with Crippen LogP contribution in [-0.2, 0) is 6.42 Å². The summed E-state index contributed by atoms with van der Waals surface area (Å²) in [7, 11) is 1.47. The van der Waals surface area contributed by atoms with Gasteiger partial charge in [-0.2, -0.15) is 23.4 Å². The van der Waals surface area contributed by atoms with Crippen molar-refractivity contribution >= 4 is 22.0 Å². The molecule has 1 spiro atoms. The lowest BCUT2D eigenvalue weighted by Gasteiger charge is -2.56. The predicted molar refractivity (Wildman–Crippen MR) is 120 cm³/mol. The summed E-state index contributed by atoms with van der Waals surface area (Å²) >= 11 is 1.40. The number of fused-ring (bicyclic) bond motifs is 1. The number of rotatable bonds is 5. The van der Waals surface area contributed by atoms with Gasteiger partial charge in [0.1, 0.15) is 16.3 Å². The van der Waals surface area contributed by atoms with Crippen molar-refractivity contribution in [2.75, 3.05) is 38.2 Å². The van der Waals surface area contributed by atoms with E-state index in [9.17, 15) is 13.2 Å². The van der Waals surface area contributed by atoms with Gasteiger partial charge >= 0.3 is 6.18 Å². The summed E-state index contributed by atoms with van der Waals surface area (Å²) in [6, 6.07) is 1.62. The zero-order chi connectivity index (χ0) is 23.7. The molecule has 4 aromatic heterocycles. The zero-order valence-corrected chi connectivity index (χ0v) is 19.2. The first-order valence-electron chi connectivity index (χ1n) is 10.7. The van der Waals surface area contributed by atoms with Gasteiger partial charge in [0.05, 0.1) is 30.6 Å². The molecule has 0 unspecified atom stereocenters. The van der Waals surface area contributed by atoms with Crippen molar-refractivity contribution in [2.45, 2.75) is 19.5 Å². The molecule has 2 N–H and O–H groups in total. The van der Waals surface area contributed by atoms with Crippen LogP contribution in [0, 0.1) is 12.3 Å². The standard InChI is InChI=1S/C21H21F3N8OS/c1-11-19(31-8-20(9-31)6-25-7-20)34-18(28-11)16-13(4-21(22,23)24)15(29-30-16)12-3-14(33-2)17-26-10-27-32(17)5-12/h3,5,10,25H,4,6-9H2,1-2H3,(H,29,30). The number of nitrogens with one attached hydrogen (secondary N) is 2. The lowest BCUT2D eigenvalue weighted by atomic mass is 9.74. The third-order valence-corrected chi connectivity index (χ3v) is 7.64. The SMILES string of the molecule is COc1cc(-c2n[nH]c(-c3nc(C)c(N4CC5(CNC5)C4)s3)c2CC(F)(F)F)cn2ncnc12. The average Bonchev–Trinajstić information content (AvgIpc) is 3.42. The third-order valence-electron chi connectivity index (χ3n) is 6.40. The maximum Gasteiger partial charge on any atom is 0.393 e. The van der Waals surface area contributed by atoms with E-state index in [1.807, 2.05) is 6.92 Å². The second kappa shape index (κ2) is 7.40. The number of aromatic amines is 1. The Morgan fingerprint density at radius 1 is 1.26 bits per heavy atom. The fourth-order valence-electron chi connectivity index (χ4n) is 4.73. The van der Waals surface area contributed by atoms with Crippen molar-refractivity contribution in [1.82, 2.24) is 35.1 Å². The van der Waals surface area contributed by atoms with Gasteiger partial charge in [-0.25, -0.2) is 14.5 Å². The zero-order valence-electron chi connectivity index (χ0n) is 18.4. The molecule has 0 saturated carbocycles. The fourth-order valence-corrected chi connectivity index (χ4v) is 5.81. The summed E-state index contributed by atoms with van der Waals surface area (Å²) in [6.45, 7) is 5.78. The summed E-state index contributed by atoms with van der Waals surface area (Å²) in [4.78, 5) is 11.0. The molecule has 178 valence electrons. The molecular weight excluding hydrogens is 469 g/mol. The molecule has 2 fully saturated rings. The van der Waals surface area contributed by atoms with Gasteiger partial charge in [0.2, 0.25) is 0 Å². The lowest BCUT2D eigenvalue weighted by Crippen LogP contribution is -2.71. The largest absolute Gasteiger partial charge is 0.493 e. The lowest BCUT2D eigenvalue weighted by molar-refractivity contribution is -0.127. The van der Waals surface area contributed by atoms with Gasteiger partial charge < -0.3 is 15.0 Å². The first kappa shape index (κ1) is 21.4. The summed E-state index contributed by atoms with van der Waals surface area (Å²) < 4.78 is 47.8. The summed E-state index contributed by atoms with van der Waals surface area (Å²) in [6.07, 6.45) is -2.62. The fraction of sp³-hybridized carbons (Fsp3) is 0.429. The minimum absolute atomic E-state index is 0.0394. The maximum absolute atomic E-state index is 13.6. The van der Waals surface area contributed by atoms with E-state index in [0.717, 1.165) is 36.9 Å². The molecule has 0 bridgehead atoms. The van der Waals surface area contributed by atoms with E-state index in [1.54, 1.807) is 12.3 Å². The molecule has 9 nitrogen and oxygen atoms in total. The van der Waals surface area contributed by atoms with Crippen LogP contribution in [0.4, 0.5) is 18.2 Å². The predicted octanol–water partition coefficient (Wildman–Crippen LogP) is 3.07. The van der Waals surface area contributed by atoms with Crippen molar-refractivity contribution in [3.8, 4) is 27.7 Å². The molecule has 34 heavy (non-hydrogen) atoms. The first-order chi connectivity index (χ1) is 16.3. The van der Waals surface area contributed by atoms with Crippen LogP contribution in [0.3, 0.4) is 0 Å². The summed E-state index contributed by atoms with van der Waals surface area (Å²) in [5.74, 6) is 0.391. The third kappa shape index (κ3) is 3.41. The smallest absolute Gasteiger partial charge is 0.393 e. The number of pyridine rings is 1. The Kier molecular flexibility index (Phi) is 4.65. The summed E-state index contributed by atoms with van der Waals surface area (Å²) in [5, 5.41) is 16.0. The Balaban J connectivity index is 1.41. The number of nitrogens with zero attached hydrogens (tertiary/aromatic N) is 6. The summed E-state index contributed by atoms with van der Waals surface area (Å²) in [5.41, 5.74) is 2.55. The Hall–Kier alpha value is -3.19. The van der Waals surface area contributed by atoms with E-state index in [-0.39, 0.29) is 17.0 Å². The monoisotopic (exact) mass is 490 g/mol. The van der Waals surface area contributed by atoms with Gasteiger partial charge in [-0.1, -0.05) is 11.3 Å². The number of aromatic nitrogens is 6. The van der Waals surface area contributed by atoms with Gasteiger partial charge in [-0.05, 0) is 13.0 Å². The van der Waals surface area contributed by atoms with E-state index >= 15 is 0 Å². The number of H-pyrrole nitrogens is 1. The molecular formula is C21H21F3N8OS. The van der Waals surface area contributed by atoms with Crippen LogP contribution in [0.2, 0.25) is 0 Å². The normalized spacial score (nSPS) is 17.3. The van der Waals surface area contributed by atoms with Crippen molar-refractivity contribution in [3.05, 3.63) is 29.8 Å². The Labute approximate surface area is 196 Å². The Bertz CT molecular complexity index is 1380. The van der Waals surface area contributed by atoms with Gasteiger partial charge in [-0.3, -0.25) is 5.10 Å². The second-order valence-corrected chi connectivity index (χ2v) is 9.89. The van der Waals surface area contributed by atoms with Crippen molar-refractivity contribution in [2.24, 2.45) is 5.41 Å². The van der Waals surface area contributed by atoms with Gasteiger partial charge in [-0.15, -0.1) is 0 Å².